The van der Waals surface area contributed by atoms with Crippen molar-refractivity contribution in [1.82, 2.24) is 15.1 Å². The first-order valence-corrected chi connectivity index (χ1v) is 11.5. The molecule has 8 nitrogen and oxygen atoms in total. The summed E-state index contributed by atoms with van der Waals surface area (Å²) in [6, 6.07) is 15.5. The van der Waals surface area contributed by atoms with Crippen molar-refractivity contribution in [3.05, 3.63) is 65.4 Å². The van der Waals surface area contributed by atoms with Gasteiger partial charge in [-0.15, -0.1) is 0 Å². The van der Waals surface area contributed by atoms with Crippen molar-refractivity contribution in [2.75, 3.05) is 51.8 Å². The van der Waals surface area contributed by atoms with Gasteiger partial charge in [-0.25, -0.2) is 0 Å². The molecule has 2 aromatic rings. The molecule has 2 amide bonds. The van der Waals surface area contributed by atoms with Gasteiger partial charge in [0.2, 0.25) is 5.91 Å². The maximum Gasteiger partial charge on any atom is 0.254 e. The fraction of sp³-hybridized carbons (Fsp3) is 0.346. The Morgan fingerprint density at radius 2 is 1.53 bits per heavy atom. The average Bonchev–Trinajstić information content (AvgIpc) is 2.89. The molecule has 3 N–H and O–H groups in total. The molecule has 2 aromatic carbocycles. The highest BCUT2D eigenvalue weighted by Crippen LogP contribution is 2.24. The smallest absolute Gasteiger partial charge is 0.254 e. The number of carbonyl (C=O) groups excluding carboxylic acids is 2. The number of hydrogen-bond acceptors (Lipinski definition) is 5. The fourth-order valence-corrected chi connectivity index (χ4v) is 4.26. The van der Waals surface area contributed by atoms with Gasteiger partial charge in [0.25, 0.3) is 5.91 Å². The van der Waals surface area contributed by atoms with Gasteiger partial charge in [0.05, 0.1) is 19.8 Å². The number of benzene rings is 2. The molecule has 0 spiro atoms. The lowest BCUT2D eigenvalue weighted by molar-refractivity contribution is -0.128. The summed E-state index contributed by atoms with van der Waals surface area (Å²) in [5.41, 5.74) is 5.31. The van der Waals surface area contributed by atoms with E-state index in [1.807, 2.05) is 60.5 Å². The minimum absolute atomic E-state index is 0.0162. The highest BCUT2D eigenvalue weighted by molar-refractivity contribution is 6.07. The van der Waals surface area contributed by atoms with Crippen LogP contribution in [-0.4, -0.2) is 73.9 Å². The van der Waals surface area contributed by atoms with Crippen molar-refractivity contribution in [3.8, 4) is 11.1 Å². The molecule has 2 aliphatic rings. The standard InChI is InChI=1S/C26H31N5O3/c1-18(32)31-12-11-24(28-2)23(17-31)25(27)29-22-9-7-20(8-10-22)19-3-5-21(6-4-19)26(33)30-13-15-34-16-14-30/h3-10,28H,11-17H2,1-2H3,(H2,27,29). The van der Waals surface area contributed by atoms with Gasteiger partial charge < -0.3 is 25.2 Å². The molecule has 34 heavy (non-hydrogen) atoms. The lowest BCUT2D eigenvalue weighted by Gasteiger charge is -2.30. The Morgan fingerprint density at radius 3 is 2.12 bits per heavy atom. The Labute approximate surface area is 200 Å². The largest absolute Gasteiger partial charge is 0.391 e. The van der Waals surface area contributed by atoms with E-state index < -0.39 is 0 Å². The van der Waals surface area contributed by atoms with E-state index in [4.69, 9.17) is 10.1 Å². The van der Waals surface area contributed by atoms with Gasteiger partial charge in [0.1, 0.15) is 5.84 Å². The number of nitrogens with one attached hydrogen (secondary N) is 3. The average molecular weight is 462 g/mol. The summed E-state index contributed by atoms with van der Waals surface area (Å²) in [6.45, 7) is 5.07. The quantitative estimate of drug-likeness (QED) is 0.470. The maximum atomic E-state index is 12.6. The van der Waals surface area contributed by atoms with Gasteiger partial charge in [0.15, 0.2) is 0 Å². The van der Waals surface area contributed by atoms with Crippen LogP contribution in [0.3, 0.4) is 0 Å². The molecule has 178 valence electrons. The van der Waals surface area contributed by atoms with Crippen molar-refractivity contribution in [2.45, 2.75) is 13.3 Å². The highest BCUT2D eigenvalue weighted by Gasteiger charge is 2.23. The lowest BCUT2D eigenvalue weighted by Crippen LogP contribution is -2.40. The first kappa shape index (κ1) is 23.5. The number of morpholine rings is 1. The van der Waals surface area contributed by atoms with Crippen LogP contribution in [0.15, 0.2) is 59.8 Å². The monoisotopic (exact) mass is 461 g/mol. The zero-order valence-corrected chi connectivity index (χ0v) is 19.7. The van der Waals surface area contributed by atoms with Crippen molar-refractivity contribution in [2.24, 2.45) is 0 Å². The van der Waals surface area contributed by atoms with Crippen LogP contribution >= 0.6 is 0 Å². The summed E-state index contributed by atoms with van der Waals surface area (Å²) in [4.78, 5) is 28.0. The van der Waals surface area contributed by atoms with E-state index in [9.17, 15) is 9.59 Å². The predicted octanol–water partition coefficient (Wildman–Crippen LogP) is 2.94. The Morgan fingerprint density at radius 1 is 0.912 bits per heavy atom. The van der Waals surface area contributed by atoms with Gasteiger partial charge in [0, 0.05) is 62.5 Å². The molecule has 0 aromatic heterocycles. The van der Waals surface area contributed by atoms with Crippen molar-refractivity contribution in [3.63, 3.8) is 0 Å². The molecule has 0 aliphatic carbocycles. The highest BCUT2D eigenvalue weighted by atomic mass is 16.5. The third-order valence-corrected chi connectivity index (χ3v) is 6.31. The molecule has 4 rings (SSSR count). The molecule has 0 bridgehead atoms. The van der Waals surface area contributed by atoms with Crippen LogP contribution in [0.25, 0.3) is 11.1 Å². The van der Waals surface area contributed by atoms with E-state index in [1.54, 1.807) is 11.8 Å². The number of anilines is 1. The Balaban J connectivity index is 1.42. The Kier molecular flexibility index (Phi) is 7.27. The SMILES string of the molecule is CNC1=C(C(=N)Nc2ccc(-c3ccc(C(=O)N4CCOCC4)cc3)cc2)CN(C(C)=O)CC1. The van der Waals surface area contributed by atoms with E-state index in [-0.39, 0.29) is 17.6 Å². The van der Waals surface area contributed by atoms with Crippen molar-refractivity contribution in [1.29, 1.82) is 5.41 Å². The van der Waals surface area contributed by atoms with Crippen LogP contribution in [0.5, 0.6) is 0 Å². The Hall–Kier alpha value is -3.65. The van der Waals surface area contributed by atoms with E-state index in [2.05, 4.69) is 10.6 Å². The second-order valence-corrected chi connectivity index (χ2v) is 8.46. The molecule has 0 saturated carbocycles. The van der Waals surface area contributed by atoms with E-state index in [1.165, 1.54) is 0 Å². The lowest BCUT2D eigenvalue weighted by atomic mass is 10.0. The zero-order valence-electron chi connectivity index (χ0n) is 19.7. The number of hydrogen-bond donors (Lipinski definition) is 3. The van der Waals surface area contributed by atoms with Crippen LogP contribution in [0.1, 0.15) is 23.7 Å². The molecule has 1 fully saturated rings. The number of carbonyl (C=O) groups is 2. The molecule has 2 aliphatic heterocycles. The third-order valence-electron chi connectivity index (χ3n) is 6.31. The minimum Gasteiger partial charge on any atom is -0.391 e. The second-order valence-electron chi connectivity index (χ2n) is 8.46. The summed E-state index contributed by atoms with van der Waals surface area (Å²) in [5.74, 6) is 0.339. The number of amides is 2. The second kappa shape index (κ2) is 10.5. The molecule has 1 saturated heterocycles. The molecule has 0 atom stereocenters. The van der Waals surface area contributed by atoms with Gasteiger partial charge >= 0.3 is 0 Å². The molecular formula is C26H31N5O3. The molecule has 2 heterocycles. The van der Waals surface area contributed by atoms with Crippen molar-refractivity contribution < 1.29 is 14.3 Å². The first-order valence-electron chi connectivity index (χ1n) is 11.5. The summed E-state index contributed by atoms with van der Waals surface area (Å²) in [7, 11) is 1.85. The van der Waals surface area contributed by atoms with Gasteiger partial charge in [-0.1, -0.05) is 24.3 Å². The molecular weight excluding hydrogens is 430 g/mol. The molecule has 0 unspecified atom stereocenters. The van der Waals surface area contributed by atoms with Crippen LogP contribution < -0.4 is 10.6 Å². The summed E-state index contributed by atoms with van der Waals surface area (Å²) >= 11 is 0. The van der Waals surface area contributed by atoms with Crippen LogP contribution in [0.2, 0.25) is 0 Å². The van der Waals surface area contributed by atoms with Crippen LogP contribution in [0, 0.1) is 5.41 Å². The summed E-state index contributed by atoms with van der Waals surface area (Å²) in [5, 5.41) is 14.9. The normalized spacial score (nSPS) is 16.3. The van der Waals surface area contributed by atoms with Crippen LogP contribution in [0.4, 0.5) is 5.69 Å². The number of rotatable bonds is 5. The first-order chi connectivity index (χ1) is 16.5. The third kappa shape index (κ3) is 5.28. The summed E-state index contributed by atoms with van der Waals surface area (Å²) in [6.07, 6.45) is 0.707. The van der Waals surface area contributed by atoms with Gasteiger partial charge in [-0.2, -0.15) is 0 Å². The fourth-order valence-electron chi connectivity index (χ4n) is 4.26. The Bertz CT molecular complexity index is 1090. The maximum absolute atomic E-state index is 12.6. The van der Waals surface area contributed by atoms with Gasteiger partial charge in [-0.3, -0.25) is 15.0 Å². The van der Waals surface area contributed by atoms with E-state index in [0.717, 1.165) is 28.1 Å². The zero-order chi connectivity index (χ0) is 24.1. The van der Waals surface area contributed by atoms with Crippen molar-refractivity contribution >= 4 is 23.3 Å². The molecule has 0 radical (unpaired) electrons. The minimum atomic E-state index is 0.0162. The predicted molar refractivity (Wildman–Crippen MR) is 133 cm³/mol. The van der Waals surface area contributed by atoms with E-state index in [0.29, 0.717) is 51.4 Å². The summed E-state index contributed by atoms with van der Waals surface area (Å²) < 4.78 is 5.32. The van der Waals surface area contributed by atoms with Crippen LogP contribution in [-0.2, 0) is 9.53 Å². The number of amidine groups is 1. The number of ether oxygens (including phenoxy) is 1. The van der Waals surface area contributed by atoms with Gasteiger partial charge in [-0.05, 0) is 35.4 Å². The molecule has 8 heteroatoms. The van der Waals surface area contributed by atoms with E-state index >= 15 is 0 Å². The number of nitrogens with zero attached hydrogens (tertiary/aromatic N) is 2. The topological polar surface area (TPSA) is 97.8 Å².